The molecule has 0 aromatic heterocycles. The van der Waals surface area contributed by atoms with Gasteiger partial charge in [-0.3, -0.25) is 9.59 Å². The molecule has 0 fully saturated rings. The molecule has 0 heterocycles. The summed E-state index contributed by atoms with van der Waals surface area (Å²) in [6.45, 7) is 7.72. The topological polar surface area (TPSA) is 84.5 Å². The maximum absolute atomic E-state index is 12.9. The van der Waals surface area contributed by atoms with E-state index >= 15 is 0 Å². The molecule has 2 amide bonds. The van der Waals surface area contributed by atoms with Crippen LogP contribution in [0.5, 0.6) is 0 Å². The molecule has 156 valence electrons. The normalized spacial score (nSPS) is 12.2. The Hall–Kier alpha value is -2.44. The third-order valence-electron chi connectivity index (χ3n) is 3.82. The Morgan fingerprint density at radius 1 is 1.11 bits per heavy atom. The van der Waals surface area contributed by atoms with Crippen LogP contribution < -0.4 is 10.6 Å². The molecule has 0 saturated heterocycles. The van der Waals surface area contributed by atoms with Crippen LogP contribution in [-0.2, 0) is 25.5 Å². The Kier molecular flexibility index (Phi) is 9.62. The van der Waals surface area contributed by atoms with E-state index in [4.69, 9.17) is 4.74 Å². The van der Waals surface area contributed by atoms with E-state index in [1.165, 1.54) is 12.1 Å². The second-order valence-corrected chi connectivity index (χ2v) is 7.77. The van der Waals surface area contributed by atoms with Crippen molar-refractivity contribution in [2.24, 2.45) is 0 Å². The minimum atomic E-state index is -1.04. The summed E-state index contributed by atoms with van der Waals surface area (Å²) in [5, 5.41) is 5.37. The molecular formula is C21H31FN2O4. The Balaban J connectivity index is 2.65. The quantitative estimate of drug-likeness (QED) is 0.472. The van der Waals surface area contributed by atoms with E-state index in [0.717, 1.165) is 12.0 Å². The highest BCUT2D eigenvalue weighted by Gasteiger charge is 2.26. The van der Waals surface area contributed by atoms with E-state index in [-0.39, 0.29) is 37.1 Å². The van der Waals surface area contributed by atoms with E-state index in [9.17, 15) is 18.8 Å². The van der Waals surface area contributed by atoms with E-state index < -0.39 is 17.6 Å². The predicted octanol–water partition coefficient (Wildman–Crippen LogP) is 2.89. The maximum Gasteiger partial charge on any atom is 0.329 e. The first-order valence-electron chi connectivity index (χ1n) is 9.62. The zero-order chi connectivity index (χ0) is 21.2. The zero-order valence-corrected chi connectivity index (χ0v) is 17.1. The molecule has 0 saturated carbocycles. The monoisotopic (exact) mass is 394 g/mol. The fraction of sp³-hybridized carbons (Fsp3) is 0.571. The predicted molar refractivity (Wildman–Crippen MR) is 105 cm³/mol. The van der Waals surface area contributed by atoms with Crippen LogP contribution in [0.25, 0.3) is 0 Å². The van der Waals surface area contributed by atoms with Crippen LogP contribution in [0.3, 0.4) is 0 Å². The number of carbonyl (C=O) groups excluding carboxylic acids is 3. The fourth-order valence-corrected chi connectivity index (χ4v) is 2.44. The molecule has 2 N–H and O–H groups in total. The summed E-state index contributed by atoms with van der Waals surface area (Å²) in [4.78, 5) is 36.8. The van der Waals surface area contributed by atoms with Gasteiger partial charge in [-0.15, -0.1) is 0 Å². The molecule has 1 atom stereocenters. The third-order valence-corrected chi connectivity index (χ3v) is 3.82. The second-order valence-electron chi connectivity index (χ2n) is 7.77. The van der Waals surface area contributed by atoms with Crippen molar-refractivity contribution in [1.82, 2.24) is 10.6 Å². The van der Waals surface area contributed by atoms with Gasteiger partial charge in [0.05, 0.1) is 13.0 Å². The van der Waals surface area contributed by atoms with E-state index in [1.54, 1.807) is 12.1 Å². The second kappa shape index (κ2) is 11.4. The summed E-state index contributed by atoms with van der Waals surface area (Å²) in [7, 11) is 0. The molecular weight excluding hydrogens is 363 g/mol. The van der Waals surface area contributed by atoms with Gasteiger partial charge in [-0.05, 0) is 51.3 Å². The summed E-state index contributed by atoms with van der Waals surface area (Å²) in [6, 6.07) is 4.83. The van der Waals surface area contributed by atoms with Gasteiger partial charge < -0.3 is 15.4 Å². The Morgan fingerprint density at radius 3 is 2.32 bits per heavy atom. The number of hydrogen-bond donors (Lipinski definition) is 2. The van der Waals surface area contributed by atoms with Crippen LogP contribution in [0.4, 0.5) is 4.39 Å². The van der Waals surface area contributed by atoms with E-state index in [1.807, 2.05) is 27.7 Å². The number of nitrogens with one attached hydrogen (secondary N) is 2. The SMILES string of the molecule is CCCCOC(=O)[C@H](CC(=O)NC(C)(C)C)NC(=O)CCc1ccc(F)cc1. The summed E-state index contributed by atoms with van der Waals surface area (Å²) in [5.74, 6) is -1.67. The van der Waals surface area contributed by atoms with Gasteiger partial charge >= 0.3 is 5.97 Å². The summed E-state index contributed by atoms with van der Waals surface area (Å²) in [6.07, 6.45) is 1.91. The number of amides is 2. The van der Waals surface area contributed by atoms with Gasteiger partial charge in [0, 0.05) is 12.0 Å². The lowest BCUT2D eigenvalue weighted by Crippen LogP contribution is -2.48. The highest BCUT2D eigenvalue weighted by molar-refractivity contribution is 5.89. The first kappa shape index (κ1) is 23.6. The van der Waals surface area contributed by atoms with Crippen molar-refractivity contribution in [2.45, 2.75) is 71.4 Å². The number of benzene rings is 1. The molecule has 0 radical (unpaired) electrons. The fourth-order valence-electron chi connectivity index (χ4n) is 2.44. The molecule has 0 bridgehead atoms. The van der Waals surface area contributed by atoms with Gasteiger partial charge in [0.25, 0.3) is 0 Å². The largest absolute Gasteiger partial charge is 0.464 e. The van der Waals surface area contributed by atoms with E-state index in [2.05, 4.69) is 10.6 Å². The van der Waals surface area contributed by atoms with Crippen LogP contribution in [-0.4, -0.2) is 36.0 Å². The van der Waals surface area contributed by atoms with Crippen LogP contribution in [0, 0.1) is 5.82 Å². The Labute approximate surface area is 166 Å². The van der Waals surface area contributed by atoms with Crippen LogP contribution in [0.1, 0.15) is 58.9 Å². The number of rotatable bonds is 10. The summed E-state index contributed by atoms with van der Waals surface area (Å²) < 4.78 is 18.1. The number of halogens is 1. The average Bonchev–Trinajstić information content (AvgIpc) is 2.59. The van der Waals surface area contributed by atoms with Gasteiger partial charge in [0.2, 0.25) is 11.8 Å². The standard InChI is InChI=1S/C21H31FN2O4/c1-5-6-13-28-20(27)17(14-19(26)24-21(2,3)4)23-18(25)12-9-15-7-10-16(22)11-8-15/h7-8,10-11,17H,5-6,9,12-14H2,1-4H3,(H,23,25)(H,24,26)/t17-/m0/s1. The van der Waals surface area contributed by atoms with E-state index in [0.29, 0.717) is 12.8 Å². The van der Waals surface area contributed by atoms with Crippen LogP contribution in [0.2, 0.25) is 0 Å². The molecule has 0 aliphatic heterocycles. The van der Waals surface area contributed by atoms with Gasteiger partial charge in [0.15, 0.2) is 0 Å². The van der Waals surface area contributed by atoms with Crippen molar-refractivity contribution in [1.29, 1.82) is 0 Å². The molecule has 1 aromatic carbocycles. The minimum absolute atomic E-state index is 0.116. The van der Waals surface area contributed by atoms with Gasteiger partial charge in [-0.2, -0.15) is 0 Å². The highest BCUT2D eigenvalue weighted by Crippen LogP contribution is 2.07. The van der Waals surface area contributed by atoms with Crippen molar-refractivity contribution >= 4 is 17.8 Å². The summed E-state index contributed by atoms with van der Waals surface area (Å²) >= 11 is 0. The number of aryl methyl sites for hydroxylation is 1. The number of hydrogen-bond acceptors (Lipinski definition) is 4. The first-order valence-corrected chi connectivity index (χ1v) is 9.62. The number of unbranched alkanes of at least 4 members (excludes halogenated alkanes) is 1. The molecule has 1 aromatic rings. The average molecular weight is 394 g/mol. The zero-order valence-electron chi connectivity index (χ0n) is 17.1. The Morgan fingerprint density at radius 2 is 1.75 bits per heavy atom. The lowest BCUT2D eigenvalue weighted by Gasteiger charge is -2.23. The molecule has 1 rings (SSSR count). The third kappa shape index (κ3) is 10.0. The van der Waals surface area contributed by atoms with Crippen molar-refractivity contribution < 1.29 is 23.5 Å². The van der Waals surface area contributed by atoms with Gasteiger partial charge in [-0.25, -0.2) is 9.18 Å². The lowest BCUT2D eigenvalue weighted by molar-refractivity contribution is -0.149. The van der Waals surface area contributed by atoms with Crippen molar-refractivity contribution in [3.63, 3.8) is 0 Å². The van der Waals surface area contributed by atoms with Gasteiger partial charge in [-0.1, -0.05) is 25.5 Å². The molecule has 0 spiro atoms. The number of carbonyl (C=O) groups is 3. The summed E-state index contributed by atoms with van der Waals surface area (Å²) in [5.41, 5.74) is 0.365. The van der Waals surface area contributed by atoms with Crippen LogP contribution >= 0.6 is 0 Å². The molecule has 28 heavy (non-hydrogen) atoms. The van der Waals surface area contributed by atoms with Crippen molar-refractivity contribution in [3.05, 3.63) is 35.6 Å². The molecule has 0 aliphatic rings. The number of esters is 1. The van der Waals surface area contributed by atoms with Crippen LogP contribution in [0.15, 0.2) is 24.3 Å². The highest BCUT2D eigenvalue weighted by atomic mass is 19.1. The maximum atomic E-state index is 12.9. The first-order chi connectivity index (χ1) is 13.1. The molecule has 0 unspecified atom stereocenters. The smallest absolute Gasteiger partial charge is 0.329 e. The molecule has 7 heteroatoms. The van der Waals surface area contributed by atoms with Gasteiger partial charge in [0.1, 0.15) is 11.9 Å². The minimum Gasteiger partial charge on any atom is -0.464 e. The van der Waals surface area contributed by atoms with Crippen molar-refractivity contribution in [3.8, 4) is 0 Å². The van der Waals surface area contributed by atoms with Crippen molar-refractivity contribution in [2.75, 3.05) is 6.61 Å². The number of ether oxygens (including phenoxy) is 1. The lowest BCUT2D eigenvalue weighted by atomic mass is 10.1. The molecule has 0 aliphatic carbocycles. The Bertz CT molecular complexity index is 653. The molecule has 6 nitrogen and oxygen atoms in total.